The summed E-state index contributed by atoms with van der Waals surface area (Å²) in [5.41, 5.74) is 0. The molecule has 0 amide bonds. The second-order valence-corrected chi connectivity index (χ2v) is 17.1. The molecule has 0 bridgehead atoms. The molecule has 0 spiro atoms. The van der Waals surface area contributed by atoms with E-state index >= 15 is 0 Å². The monoisotopic (exact) mass is 853 g/mol. The molecule has 6 heteroatoms. The molecule has 0 aliphatic carbocycles. The zero-order valence-corrected chi connectivity index (χ0v) is 40.2. The van der Waals surface area contributed by atoms with Crippen LogP contribution in [-0.2, 0) is 28.6 Å². The van der Waals surface area contributed by atoms with Gasteiger partial charge in [-0.3, -0.25) is 14.4 Å². The molecule has 352 valence electrons. The van der Waals surface area contributed by atoms with Gasteiger partial charge in [-0.25, -0.2) is 0 Å². The van der Waals surface area contributed by atoms with Crippen LogP contribution in [-0.4, -0.2) is 37.2 Å². The van der Waals surface area contributed by atoms with Crippen LogP contribution in [0, 0.1) is 0 Å². The molecule has 0 heterocycles. The molecule has 0 fully saturated rings. The van der Waals surface area contributed by atoms with Gasteiger partial charge in [-0.05, 0) is 83.5 Å². The second-order valence-electron chi connectivity index (χ2n) is 17.1. The number of carbonyl (C=O) groups excluding carboxylic acids is 3. The van der Waals surface area contributed by atoms with E-state index in [1.807, 2.05) is 0 Å². The largest absolute Gasteiger partial charge is 0.462 e. The van der Waals surface area contributed by atoms with Gasteiger partial charge in [-0.2, -0.15) is 0 Å². The van der Waals surface area contributed by atoms with Crippen LogP contribution in [0.2, 0.25) is 0 Å². The molecule has 0 saturated carbocycles. The van der Waals surface area contributed by atoms with Crippen molar-refractivity contribution in [3.63, 3.8) is 0 Å². The molecular weight excluding hydrogens is 757 g/mol. The number of esters is 3. The van der Waals surface area contributed by atoms with E-state index in [4.69, 9.17) is 14.2 Å². The molecule has 1 atom stereocenters. The summed E-state index contributed by atoms with van der Waals surface area (Å²) in [4.78, 5) is 37.9. The fraction of sp³-hybridized carbons (Fsp3) is 0.764. The van der Waals surface area contributed by atoms with E-state index in [0.29, 0.717) is 19.3 Å². The fourth-order valence-corrected chi connectivity index (χ4v) is 7.08. The molecule has 0 aromatic carbocycles. The van der Waals surface area contributed by atoms with Crippen LogP contribution >= 0.6 is 0 Å². The summed E-state index contributed by atoms with van der Waals surface area (Å²) >= 11 is 0. The maximum atomic E-state index is 12.8. The van der Waals surface area contributed by atoms with E-state index in [-0.39, 0.29) is 37.5 Å². The number of hydrogen-bond acceptors (Lipinski definition) is 6. The Morgan fingerprint density at radius 1 is 0.328 bits per heavy atom. The lowest BCUT2D eigenvalue weighted by molar-refractivity contribution is -0.167. The Labute approximate surface area is 377 Å². The fourth-order valence-electron chi connectivity index (χ4n) is 7.08. The topological polar surface area (TPSA) is 78.9 Å². The molecule has 0 saturated heterocycles. The number of allylic oxidation sites excluding steroid dienone is 10. The van der Waals surface area contributed by atoms with Crippen molar-refractivity contribution in [3.8, 4) is 0 Å². The van der Waals surface area contributed by atoms with E-state index in [0.717, 1.165) is 83.5 Å². The predicted molar refractivity (Wildman–Crippen MR) is 261 cm³/mol. The van der Waals surface area contributed by atoms with Crippen LogP contribution < -0.4 is 0 Å². The van der Waals surface area contributed by atoms with Crippen molar-refractivity contribution >= 4 is 17.9 Å². The van der Waals surface area contributed by atoms with Crippen LogP contribution in [0.3, 0.4) is 0 Å². The normalized spacial score (nSPS) is 12.5. The minimum atomic E-state index is -0.796. The SMILES string of the molecule is CCCCC/C=C\C/C=C\CCCCCCCC(=O)OC[C@H](COC(=O)CCC/C=C\C/C=C\C/C=C\CCCCCCCC)OC(=O)CCCCCCCCCCCCC. The molecular formula is C55H96O6. The van der Waals surface area contributed by atoms with E-state index in [1.54, 1.807) is 0 Å². The Morgan fingerprint density at radius 3 is 1.02 bits per heavy atom. The molecule has 0 radical (unpaired) electrons. The lowest BCUT2D eigenvalue weighted by Gasteiger charge is -2.18. The Balaban J connectivity index is 4.44. The molecule has 0 aromatic heterocycles. The first-order valence-electron chi connectivity index (χ1n) is 25.8. The lowest BCUT2D eigenvalue weighted by atomic mass is 10.1. The van der Waals surface area contributed by atoms with Crippen LogP contribution in [0.1, 0.15) is 252 Å². The molecule has 61 heavy (non-hydrogen) atoms. The summed E-state index contributed by atoms with van der Waals surface area (Å²) in [6.45, 7) is 6.54. The maximum absolute atomic E-state index is 12.8. The van der Waals surface area contributed by atoms with Gasteiger partial charge in [-0.1, -0.05) is 210 Å². The Kier molecular flexibility index (Phi) is 47.4. The number of rotatable bonds is 46. The van der Waals surface area contributed by atoms with Gasteiger partial charge < -0.3 is 14.2 Å². The summed E-state index contributed by atoms with van der Waals surface area (Å²) in [7, 11) is 0. The van der Waals surface area contributed by atoms with E-state index < -0.39 is 6.10 Å². The van der Waals surface area contributed by atoms with E-state index in [2.05, 4.69) is 81.5 Å². The zero-order chi connectivity index (χ0) is 44.4. The number of ether oxygens (including phenoxy) is 3. The third-order valence-corrected chi connectivity index (χ3v) is 11.0. The van der Waals surface area contributed by atoms with Crippen LogP contribution in [0.25, 0.3) is 0 Å². The highest BCUT2D eigenvalue weighted by Gasteiger charge is 2.19. The highest BCUT2D eigenvalue weighted by atomic mass is 16.6. The average molecular weight is 853 g/mol. The molecule has 0 rings (SSSR count). The molecule has 0 unspecified atom stereocenters. The quantitative estimate of drug-likeness (QED) is 0.0263. The first-order chi connectivity index (χ1) is 30.0. The second kappa shape index (κ2) is 49.8. The smallest absolute Gasteiger partial charge is 0.306 e. The zero-order valence-electron chi connectivity index (χ0n) is 40.2. The summed E-state index contributed by atoms with van der Waals surface area (Å²) in [5, 5.41) is 0. The van der Waals surface area contributed by atoms with Crippen LogP contribution in [0.5, 0.6) is 0 Å². The van der Waals surface area contributed by atoms with E-state index in [1.165, 1.54) is 122 Å². The number of hydrogen-bond donors (Lipinski definition) is 0. The highest BCUT2D eigenvalue weighted by Crippen LogP contribution is 2.14. The summed E-state index contributed by atoms with van der Waals surface area (Å²) in [6, 6.07) is 0. The van der Waals surface area contributed by atoms with Crippen LogP contribution in [0.4, 0.5) is 0 Å². The van der Waals surface area contributed by atoms with Crippen molar-refractivity contribution in [3.05, 3.63) is 60.8 Å². The van der Waals surface area contributed by atoms with Gasteiger partial charge in [0.2, 0.25) is 0 Å². The molecule has 0 N–H and O–H groups in total. The van der Waals surface area contributed by atoms with Crippen molar-refractivity contribution in [2.75, 3.05) is 13.2 Å². The summed E-state index contributed by atoms with van der Waals surface area (Å²) < 4.78 is 16.7. The predicted octanol–water partition coefficient (Wildman–Crippen LogP) is 16.9. The Morgan fingerprint density at radius 2 is 0.607 bits per heavy atom. The minimum Gasteiger partial charge on any atom is -0.462 e. The molecule has 0 aliphatic rings. The van der Waals surface area contributed by atoms with Gasteiger partial charge in [0.25, 0.3) is 0 Å². The van der Waals surface area contributed by atoms with Crippen molar-refractivity contribution in [2.24, 2.45) is 0 Å². The summed E-state index contributed by atoms with van der Waals surface area (Å²) in [6.07, 6.45) is 60.6. The Hall–Kier alpha value is -2.89. The van der Waals surface area contributed by atoms with Gasteiger partial charge >= 0.3 is 17.9 Å². The standard InChI is InChI=1S/C55H96O6/c1-4-7-10-13-16-19-22-24-26-27-29-31-34-36-39-42-45-48-54(57)60-51-52(61-55(58)49-46-43-40-37-32-21-18-15-12-9-6-3)50-59-53(56)47-44-41-38-35-33-30-28-25-23-20-17-14-11-8-5-2/h17,20,24-26,28-29,31,36,39,52H,4-16,18-19,21-23,27,30,32-35,37-38,40-51H2,1-3H3/b20-17-,26-24-,28-25-,31-29-,39-36-/t52-/m1/s1. The third kappa shape index (κ3) is 48.0. The average Bonchev–Trinajstić information content (AvgIpc) is 3.26. The highest BCUT2D eigenvalue weighted by molar-refractivity contribution is 5.71. The molecule has 0 aliphatic heterocycles. The van der Waals surface area contributed by atoms with Crippen molar-refractivity contribution in [1.29, 1.82) is 0 Å². The van der Waals surface area contributed by atoms with Gasteiger partial charge in [0.05, 0.1) is 0 Å². The summed E-state index contributed by atoms with van der Waals surface area (Å²) in [5.74, 6) is -0.959. The first-order valence-corrected chi connectivity index (χ1v) is 25.8. The third-order valence-electron chi connectivity index (χ3n) is 11.0. The van der Waals surface area contributed by atoms with Gasteiger partial charge in [0.15, 0.2) is 6.10 Å². The minimum absolute atomic E-state index is 0.0957. The van der Waals surface area contributed by atoms with Gasteiger partial charge in [-0.15, -0.1) is 0 Å². The van der Waals surface area contributed by atoms with Gasteiger partial charge in [0.1, 0.15) is 13.2 Å². The molecule has 6 nitrogen and oxygen atoms in total. The van der Waals surface area contributed by atoms with Crippen molar-refractivity contribution in [1.82, 2.24) is 0 Å². The van der Waals surface area contributed by atoms with Gasteiger partial charge in [0, 0.05) is 19.3 Å². The Bertz CT molecular complexity index is 1120. The first kappa shape index (κ1) is 58.1. The number of carbonyl (C=O) groups is 3. The number of unbranched alkanes of at least 4 members (excludes halogenated alkanes) is 25. The molecule has 0 aromatic rings. The van der Waals surface area contributed by atoms with Crippen molar-refractivity contribution in [2.45, 2.75) is 258 Å². The lowest BCUT2D eigenvalue weighted by Crippen LogP contribution is -2.30. The van der Waals surface area contributed by atoms with Crippen LogP contribution in [0.15, 0.2) is 60.8 Å². The maximum Gasteiger partial charge on any atom is 0.306 e. The van der Waals surface area contributed by atoms with Crippen molar-refractivity contribution < 1.29 is 28.6 Å². The van der Waals surface area contributed by atoms with E-state index in [9.17, 15) is 14.4 Å².